The number of carbonyl (C=O) groups is 3. The molecule has 5 aliphatic rings. The van der Waals surface area contributed by atoms with Gasteiger partial charge in [-0.25, -0.2) is 0 Å². The minimum atomic E-state index is -0.299. The molecule has 0 unspecified atom stereocenters. The van der Waals surface area contributed by atoms with Crippen LogP contribution in [-0.4, -0.2) is 71.7 Å². The zero-order valence-electron chi connectivity index (χ0n) is 18.2. The molecule has 2 aromatic rings. The molecule has 2 saturated heterocycles. The Morgan fingerprint density at radius 3 is 1.59 bits per heavy atom. The molecular formula is C26H27N3O3. The number of amides is 3. The number of rotatable bonds is 3. The molecule has 2 fully saturated rings. The summed E-state index contributed by atoms with van der Waals surface area (Å²) < 4.78 is 0. The maximum atomic E-state index is 13.6. The normalized spacial score (nSPS) is 28.5. The van der Waals surface area contributed by atoms with E-state index in [2.05, 4.69) is 29.2 Å². The number of likely N-dealkylation sites (tertiary alicyclic amines) is 1. The van der Waals surface area contributed by atoms with Gasteiger partial charge in [0, 0.05) is 58.0 Å². The molecule has 7 rings (SSSR count). The standard InChI is InChI=1S/C26H27N3O3/c1-16(30)28-13-10-27(11-14-28)12-15-29-25(31)23-21-17-6-2-3-7-18(17)22(24(23)26(29)32)20-9-5-4-8-19(20)21/h2-9,21-24H,10-15H2,1H3/t21?,22?,23-,24-/m1/s1. The highest BCUT2D eigenvalue weighted by molar-refractivity contribution is 6.07. The first-order valence-corrected chi connectivity index (χ1v) is 11.6. The van der Waals surface area contributed by atoms with Crippen LogP contribution in [0.15, 0.2) is 48.5 Å². The molecule has 2 heterocycles. The molecular weight excluding hydrogens is 402 g/mol. The van der Waals surface area contributed by atoms with Crippen LogP contribution in [0.1, 0.15) is 41.0 Å². The SMILES string of the molecule is CC(=O)N1CCN(CCN2C(=O)[C@@H]3C4c5ccccc5C(c5ccccc54)[C@H]3C2=O)CC1. The summed E-state index contributed by atoms with van der Waals surface area (Å²) in [7, 11) is 0. The van der Waals surface area contributed by atoms with Crippen molar-refractivity contribution in [3.05, 3.63) is 70.8 Å². The molecule has 3 amide bonds. The summed E-state index contributed by atoms with van der Waals surface area (Å²) in [6.07, 6.45) is 0. The summed E-state index contributed by atoms with van der Waals surface area (Å²) in [6.45, 7) is 5.67. The van der Waals surface area contributed by atoms with Crippen LogP contribution in [0.25, 0.3) is 0 Å². The van der Waals surface area contributed by atoms with Crippen LogP contribution >= 0.6 is 0 Å². The first-order chi connectivity index (χ1) is 15.6. The minimum absolute atomic E-state index is 0.0126. The van der Waals surface area contributed by atoms with E-state index in [1.54, 1.807) is 6.92 Å². The smallest absolute Gasteiger partial charge is 0.234 e. The molecule has 6 heteroatoms. The highest BCUT2D eigenvalue weighted by Gasteiger charge is 2.61. The van der Waals surface area contributed by atoms with Gasteiger partial charge < -0.3 is 4.90 Å². The molecule has 2 aliphatic heterocycles. The molecule has 0 radical (unpaired) electrons. The number of benzene rings is 2. The highest BCUT2D eigenvalue weighted by atomic mass is 16.2. The van der Waals surface area contributed by atoms with Gasteiger partial charge in [0.25, 0.3) is 0 Å². The van der Waals surface area contributed by atoms with E-state index in [9.17, 15) is 14.4 Å². The van der Waals surface area contributed by atoms with E-state index >= 15 is 0 Å². The molecule has 2 aromatic carbocycles. The van der Waals surface area contributed by atoms with E-state index in [1.807, 2.05) is 29.2 Å². The Kier molecular flexibility index (Phi) is 4.47. The van der Waals surface area contributed by atoms with Gasteiger partial charge >= 0.3 is 0 Å². The largest absolute Gasteiger partial charge is 0.340 e. The van der Waals surface area contributed by atoms with E-state index in [0.29, 0.717) is 26.2 Å². The first kappa shape index (κ1) is 19.7. The van der Waals surface area contributed by atoms with Gasteiger partial charge in [0.15, 0.2) is 0 Å². The number of imide groups is 1. The average Bonchev–Trinajstić information content (AvgIpc) is 3.08. The van der Waals surface area contributed by atoms with E-state index in [4.69, 9.17) is 0 Å². The van der Waals surface area contributed by atoms with Crippen molar-refractivity contribution in [2.24, 2.45) is 11.8 Å². The topological polar surface area (TPSA) is 60.9 Å². The summed E-state index contributed by atoms with van der Waals surface area (Å²) in [5.74, 6) is -0.606. The summed E-state index contributed by atoms with van der Waals surface area (Å²) >= 11 is 0. The molecule has 0 saturated carbocycles. The van der Waals surface area contributed by atoms with Crippen LogP contribution in [0.4, 0.5) is 0 Å². The Morgan fingerprint density at radius 2 is 1.19 bits per heavy atom. The second kappa shape index (κ2) is 7.27. The maximum Gasteiger partial charge on any atom is 0.234 e. The van der Waals surface area contributed by atoms with Gasteiger partial charge in [0.05, 0.1) is 11.8 Å². The lowest BCUT2D eigenvalue weighted by molar-refractivity contribution is -0.140. The van der Waals surface area contributed by atoms with Gasteiger partial charge in [0.2, 0.25) is 17.7 Å². The van der Waals surface area contributed by atoms with Gasteiger partial charge in [-0.3, -0.25) is 24.2 Å². The predicted molar refractivity (Wildman–Crippen MR) is 119 cm³/mol. The lowest BCUT2D eigenvalue weighted by atomic mass is 9.55. The van der Waals surface area contributed by atoms with Crippen molar-refractivity contribution in [2.75, 3.05) is 39.3 Å². The van der Waals surface area contributed by atoms with Crippen molar-refractivity contribution >= 4 is 17.7 Å². The summed E-state index contributed by atoms with van der Waals surface area (Å²) in [6, 6.07) is 16.7. The zero-order chi connectivity index (χ0) is 22.0. The Bertz CT molecular complexity index is 1010. The quantitative estimate of drug-likeness (QED) is 0.701. The fourth-order valence-electron chi connectivity index (χ4n) is 6.49. The van der Waals surface area contributed by atoms with Crippen LogP contribution in [0, 0.1) is 11.8 Å². The molecule has 0 N–H and O–H groups in total. The van der Waals surface area contributed by atoms with Crippen molar-refractivity contribution in [1.82, 2.24) is 14.7 Å². The summed E-state index contributed by atoms with van der Waals surface area (Å²) in [5.41, 5.74) is 4.84. The zero-order valence-corrected chi connectivity index (χ0v) is 18.2. The lowest BCUT2D eigenvalue weighted by Gasteiger charge is -2.45. The fraction of sp³-hybridized carbons (Fsp3) is 0.423. The first-order valence-electron chi connectivity index (χ1n) is 11.6. The summed E-state index contributed by atoms with van der Waals surface area (Å²) in [5, 5.41) is 0. The van der Waals surface area contributed by atoms with Crippen LogP contribution in [0.2, 0.25) is 0 Å². The monoisotopic (exact) mass is 429 g/mol. The average molecular weight is 430 g/mol. The number of hydrogen-bond donors (Lipinski definition) is 0. The van der Waals surface area contributed by atoms with Gasteiger partial charge in [-0.15, -0.1) is 0 Å². The fourth-order valence-corrected chi connectivity index (χ4v) is 6.49. The molecule has 2 atom stereocenters. The molecule has 0 aromatic heterocycles. The van der Waals surface area contributed by atoms with Crippen molar-refractivity contribution in [2.45, 2.75) is 18.8 Å². The Labute approximate surface area is 187 Å². The van der Waals surface area contributed by atoms with Gasteiger partial charge in [-0.05, 0) is 22.3 Å². The molecule has 32 heavy (non-hydrogen) atoms. The predicted octanol–water partition coefficient (Wildman–Crippen LogP) is 2.04. The third-order valence-corrected chi connectivity index (χ3v) is 8.00. The number of piperazine rings is 1. The van der Waals surface area contributed by atoms with E-state index in [-0.39, 0.29) is 41.4 Å². The maximum absolute atomic E-state index is 13.6. The van der Waals surface area contributed by atoms with Crippen molar-refractivity contribution in [1.29, 1.82) is 0 Å². The van der Waals surface area contributed by atoms with Gasteiger partial charge in [-0.2, -0.15) is 0 Å². The molecule has 6 nitrogen and oxygen atoms in total. The van der Waals surface area contributed by atoms with Crippen LogP contribution in [0.5, 0.6) is 0 Å². The van der Waals surface area contributed by atoms with E-state index in [0.717, 1.165) is 13.1 Å². The van der Waals surface area contributed by atoms with Gasteiger partial charge in [-0.1, -0.05) is 48.5 Å². The second-order valence-corrected chi connectivity index (χ2v) is 9.44. The van der Waals surface area contributed by atoms with Crippen LogP contribution in [-0.2, 0) is 14.4 Å². The van der Waals surface area contributed by atoms with Crippen LogP contribution in [0.3, 0.4) is 0 Å². The lowest BCUT2D eigenvalue weighted by Crippen LogP contribution is -2.50. The van der Waals surface area contributed by atoms with Crippen molar-refractivity contribution in [3.8, 4) is 0 Å². The number of hydrogen-bond acceptors (Lipinski definition) is 4. The second-order valence-electron chi connectivity index (χ2n) is 9.44. The van der Waals surface area contributed by atoms with E-state index in [1.165, 1.54) is 27.2 Å². The summed E-state index contributed by atoms with van der Waals surface area (Å²) in [4.78, 5) is 44.4. The molecule has 3 aliphatic carbocycles. The van der Waals surface area contributed by atoms with Crippen LogP contribution < -0.4 is 0 Å². The third-order valence-electron chi connectivity index (χ3n) is 8.00. The minimum Gasteiger partial charge on any atom is -0.340 e. The van der Waals surface area contributed by atoms with Gasteiger partial charge in [0.1, 0.15) is 0 Å². The van der Waals surface area contributed by atoms with Crippen molar-refractivity contribution < 1.29 is 14.4 Å². The Hall–Kier alpha value is -2.99. The number of carbonyl (C=O) groups excluding carboxylic acids is 3. The Morgan fingerprint density at radius 1 is 0.750 bits per heavy atom. The molecule has 0 spiro atoms. The highest BCUT2D eigenvalue weighted by Crippen LogP contribution is 2.60. The van der Waals surface area contributed by atoms with Crippen molar-refractivity contribution in [3.63, 3.8) is 0 Å². The number of nitrogens with zero attached hydrogens (tertiary/aromatic N) is 3. The van der Waals surface area contributed by atoms with E-state index < -0.39 is 0 Å². The Balaban J connectivity index is 1.27. The third kappa shape index (κ3) is 2.72. The molecule has 2 bridgehead atoms. The molecule has 164 valence electrons.